The summed E-state index contributed by atoms with van der Waals surface area (Å²) in [5.41, 5.74) is 5.65. The van der Waals surface area contributed by atoms with Crippen molar-refractivity contribution >= 4 is 0 Å². The molecule has 3 rings (SSSR count). The van der Waals surface area contributed by atoms with Gasteiger partial charge in [-0.05, 0) is 59.6 Å². The standard InChI is InChI=1S/C18H20O/c1-13-3-4-17-12-16(6-5-15(17)11-13)14-7-9-18(19-2)10-8-14/h5-10,12-13H,3-4,11H2,1-2H3. The molecule has 2 aromatic carbocycles. The molecule has 1 aliphatic rings. The van der Waals surface area contributed by atoms with Gasteiger partial charge in [-0.2, -0.15) is 0 Å². The lowest BCUT2D eigenvalue weighted by molar-refractivity contribution is 0.415. The maximum atomic E-state index is 5.21. The van der Waals surface area contributed by atoms with Gasteiger partial charge in [0.25, 0.3) is 0 Å². The van der Waals surface area contributed by atoms with E-state index in [1.807, 2.05) is 12.1 Å². The van der Waals surface area contributed by atoms with Gasteiger partial charge in [0.2, 0.25) is 0 Å². The average molecular weight is 252 g/mol. The molecule has 2 aromatic rings. The second-order valence-corrected chi connectivity index (χ2v) is 5.56. The predicted molar refractivity (Wildman–Crippen MR) is 79.6 cm³/mol. The van der Waals surface area contributed by atoms with E-state index in [0.717, 1.165) is 11.7 Å². The van der Waals surface area contributed by atoms with E-state index in [4.69, 9.17) is 4.74 Å². The van der Waals surface area contributed by atoms with Crippen LogP contribution in [0.15, 0.2) is 42.5 Å². The molecule has 0 heterocycles. The largest absolute Gasteiger partial charge is 0.497 e. The first-order valence-electron chi connectivity index (χ1n) is 7.02. The summed E-state index contributed by atoms with van der Waals surface area (Å²) < 4.78 is 5.21. The number of rotatable bonds is 2. The lowest BCUT2D eigenvalue weighted by Gasteiger charge is -2.22. The van der Waals surface area contributed by atoms with Gasteiger partial charge >= 0.3 is 0 Å². The Morgan fingerprint density at radius 1 is 0.947 bits per heavy atom. The average Bonchev–Trinajstić information content (AvgIpc) is 2.47. The first kappa shape index (κ1) is 12.3. The smallest absolute Gasteiger partial charge is 0.118 e. The van der Waals surface area contributed by atoms with Gasteiger partial charge in [-0.15, -0.1) is 0 Å². The zero-order valence-electron chi connectivity index (χ0n) is 11.6. The van der Waals surface area contributed by atoms with Gasteiger partial charge in [0.05, 0.1) is 7.11 Å². The summed E-state index contributed by atoms with van der Waals surface area (Å²) in [6, 6.07) is 15.2. The maximum absolute atomic E-state index is 5.21. The van der Waals surface area contributed by atoms with Crippen LogP contribution in [0.2, 0.25) is 0 Å². The van der Waals surface area contributed by atoms with E-state index in [0.29, 0.717) is 0 Å². The Morgan fingerprint density at radius 3 is 2.42 bits per heavy atom. The van der Waals surface area contributed by atoms with Gasteiger partial charge in [-0.25, -0.2) is 0 Å². The van der Waals surface area contributed by atoms with Crippen molar-refractivity contribution in [3.8, 4) is 16.9 Å². The van der Waals surface area contributed by atoms with Gasteiger partial charge in [0, 0.05) is 0 Å². The normalized spacial score (nSPS) is 17.9. The number of hydrogen-bond acceptors (Lipinski definition) is 1. The van der Waals surface area contributed by atoms with Crippen molar-refractivity contribution in [2.75, 3.05) is 7.11 Å². The number of ether oxygens (including phenoxy) is 1. The molecule has 1 nitrogen and oxygen atoms in total. The molecule has 0 aromatic heterocycles. The van der Waals surface area contributed by atoms with Crippen molar-refractivity contribution in [2.24, 2.45) is 5.92 Å². The molecule has 0 fully saturated rings. The minimum atomic E-state index is 0.833. The fraction of sp³-hybridized carbons (Fsp3) is 0.333. The van der Waals surface area contributed by atoms with Crippen molar-refractivity contribution in [1.29, 1.82) is 0 Å². The van der Waals surface area contributed by atoms with Crippen LogP contribution in [-0.4, -0.2) is 7.11 Å². The van der Waals surface area contributed by atoms with Crippen molar-refractivity contribution in [2.45, 2.75) is 26.2 Å². The summed E-state index contributed by atoms with van der Waals surface area (Å²) in [6.45, 7) is 2.35. The number of aryl methyl sites for hydroxylation is 1. The molecule has 0 radical (unpaired) electrons. The lowest BCUT2D eigenvalue weighted by Crippen LogP contribution is -2.11. The zero-order valence-corrected chi connectivity index (χ0v) is 11.6. The van der Waals surface area contributed by atoms with Crippen LogP contribution in [0.1, 0.15) is 24.5 Å². The van der Waals surface area contributed by atoms with Gasteiger partial charge in [-0.3, -0.25) is 0 Å². The number of fused-ring (bicyclic) bond motifs is 1. The van der Waals surface area contributed by atoms with Crippen LogP contribution in [0, 0.1) is 5.92 Å². The summed E-state index contributed by atoms with van der Waals surface area (Å²) in [6.07, 6.45) is 3.78. The molecule has 1 heteroatoms. The van der Waals surface area contributed by atoms with Gasteiger partial charge in [0.1, 0.15) is 5.75 Å². The summed E-state index contributed by atoms with van der Waals surface area (Å²) in [5, 5.41) is 0. The third kappa shape index (κ3) is 2.51. The predicted octanol–water partition coefficient (Wildman–Crippen LogP) is 4.49. The molecular weight excluding hydrogens is 232 g/mol. The Hall–Kier alpha value is -1.76. The molecule has 0 bridgehead atoms. The van der Waals surface area contributed by atoms with Crippen LogP contribution in [-0.2, 0) is 12.8 Å². The summed E-state index contributed by atoms with van der Waals surface area (Å²) in [5.74, 6) is 1.75. The van der Waals surface area contributed by atoms with E-state index in [2.05, 4.69) is 37.3 Å². The highest BCUT2D eigenvalue weighted by atomic mass is 16.5. The SMILES string of the molecule is COc1ccc(-c2ccc3c(c2)CCC(C)C3)cc1. The van der Waals surface area contributed by atoms with Crippen molar-refractivity contribution in [1.82, 2.24) is 0 Å². The van der Waals surface area contributed by atoms with Gasteiger partial charge in [-0.1, -0.05) is 37.3 Å². The summed E-state index contributed by atoms with van der Waals surface area (Å²) >= 11 is 0. The fourth-order valence-corrected chi connectivity index (χ4v) is 2.90. The topological polar surface area (TPSA) is 9.23 Å². The molecule has 19 heavy (non-hydrogen) atoms. The van der Waals surface area contributed by atoms with E-state index < -0.39 is 0 Å². The summed E-state index contributed by atoms with van der Waals surface area (Å²) in [4.78, 5) is 0. The molecule has 1 aliphatic carbocycles. The minimum absolute atomic E-state index is 0.833. The molecule has 1 unspecified atom stereocenters. The second-order valence-electron chi connectivity index (χ2n) is 5.56. The first-order valence-corrected chi connectivity index (χ1v) is 7.02. The molecule has 0 N–H and O–H groups in total. The molecule has 0 spiro atoms. The number of benzene rings is 2. The monoisotopic (exact) mass is 252 g/mol. The van der Waals surface area contributed by atoms with Crippen LogP contribution in [0.5, 0.6) is 5.75 Å². The van der Waals surface area contributed by atoms with Crippen LogP contribution >= 0.6 is 0 Å². The van der Waals surface area contributed by atoms with Crippen LogP contribution in [0.3, 0.4) is 0 Å². The Kier molecular flexibility index (Phi) is 3.29. The lowest BCUT2D eigenvalue weighted by atomic mass is 9.83. The van der Waals surface area contributed by atoms with Crippen LogP contribution < -0.4 is 4.74 Å². The van der Waals surface area contributed by atoms with E-state index in [9.17, 15) is 0 Å². The molecule has 0 amide bonds. The third-order valence-electron chi connectivity index (χ3n) is 4.10. The second kappa shape index (κ2) is 5.08. The highest BCUT2D eigenvalue weighted by molar-refractivity contribution is 5.65. The zero-order chi connectivity index (χ0) is 13.2. The quantitative estimate of drug-likeness (QED) is 0.765. The Bertz CT molecular complexity index is 569. The highest BCUT2D eigenvalue weighted by Crippen LogP contribution is 2.30. The Balaban J connectivity index is 1.93. The minimum Gasteiger partial charge on any atom is -0.497 e. The van der Waals surface area contributed by atoms with Gasteiger partial charge in [0.15, 0.2) is 0 Å². The Labute approximate surface area is 115 Å². The van der Waals surface area contributed by atoms with E-state index in [1.54, 1.807) is 7.11 Å². The first-order chi connectivity index (χ1) is 9.26. The molecule has 98 valence electrons. The summed E-state index contributed by atoms with van der Waals surface area (Å²) in [7, 11) is 1.70. The third-order valence-corrected chi connectivity index (χ3v) is 4.10. The van der Waals surface area contributed by atoms with E-state index in [1.165, 1.54) is 41.5 Å². The molecule has 1 atom stereocenters. The number of methoxy groups -OCH3 is 1. The van der Waals surface area contributed by atoms with Crippen LogP contribution in [0.25, 0.3) is 11.1 Å². The van der Waals surface area contributed by atoms with Crippen molar-refractivity contribution < 1.29 is 4.74 Å². The fourth-order valence-electron chi connectivity index (χ4n) is 2.90. The van der Waals surface area contributed by atoms with E-state index >= 15 is 0 Å². The highest BCUT2D eigenvalue weighted by Gasteiger charge is 2.15. The Morgan fingerprint density at radius 2 is 1.68 bits per heavy atom. The van der Waals surface area contributed by atoms with Gasteiger partial charge < -0.3 is 4.74 Å². The van der Waals surface area contributed by atoms with Crippen molar-refractivity contribution in [3.05, 3.63) is 53.6 Å². The molecular formula is C18H20O. The van der Waals surface area contributed by atoms with Crippen LogP contribution in [0.4, 0.5) is 0 Å². The molecule has 0 aliphatic heterocycles. The molecule has 0 saturated carbocycles. The number of hydrogen-bond donors (Lipinski definition) is 0. The van der Waals surface area contributed by atoms with E-state index in [-0.39, 0.29) is 0 Å². The maximum Gasteiger partial charge on any atom is 0.118 e. The van der Waals surface area contributed by atoms with Crippen molar-refractivity contribution in [3.63, 3.8) is 0 Å². The molecule has 0 saturated heterocycles.